The quantitative estimate of drug-likeness (QED) is 0.684. The molecule has 1 aliphatic carbocycles. The fraction of sp³-hybridized carbons (Fsp3) is 0.636. The Balaban J connectivity index is 2.10. The Morgan fingerprint density at radius 1 is 1.57 bits per heavy atom. The van der Waals surface area contributed by atoms with Crippen LogP contribution in [0.5, 0.6) is 0 Å². The highest BCUT2D eigenvalue weighted by Crippen LogP contribution is 2.38. The third-order valence-corrected chi connectivity index (χ3v) is 3.18. The zero-order valence-corrected chi connectivity index (χ0v) is 8.26. The van der Waals surface area contributed by atoms with E-state index in [-0.39, 0.29) is 17.3 Å². The van der Waals surface area contributed by atoms with Crippen molar-refractivity contribution in [3.05, 3.63) is 24.1 Å². The van der Waals surface area contributed by atoms with Gasteiger partial charge in [-0.1, -0.05) is 19.1 Å². The minimum Gasteiger partial charge on any atom is -0.310 e. The standard InChI is InChI=1S/C11H15F2N/c1-11(4-2-3-8(12)6-11)10-5-9(13)7-14-10/h2-4,9-10,14H,5-7H2,1H3/t9-,10+,11?/m0/s1. The van der Waals surface area contributed by atoms with E-state index in [4.69, 9.17) is 0 Å². The minimum atomic E-state index is -0.779. The second-order valence-electron chi connectivity index (χ2n) is 4.45. The SMILES string of the molecule is CC1([C@H]2C[C@H](F)CN2)C=CC=C(F)C1. The molecule has 78 valence electrons. The molecule has 2 rings (SSSR count). The second kappa shape index (κ2) is 3.46. The maximum atomic E-state index is 13.1. The molecule has 3 heteroatoms. The van der Waals surface area contributed by atoms with Crippen molar-refractivity contribution in [3.63, 3.8) is 0 Å². The summed E-state index contributed by atoms with van der Waals surface area (Å²) in [5.74, 6) is -0.112. The van der Waals surface area contributed by atoms with Crippen molar-refractivity contribution in [2.24, 2.45) is 5.41 Å². The highest BCUT2D eigenvalue weighted by Gasteiger charge is 2.38. The number of hydrogen-bond donors (Lipinski definition) is 1. The summed E-state index contributed by atoms with van der Waals surface area (Å²) >= 11 is 0. The molecule has 1 nitrogen and oxygen atoms in total. The van der Waals surface area contributed by atoms with Gasteiger partial charge in [0.2, 0.25) is 0 Å². The normalized spacial score (nSPS) is 42.6. The van der Waals surface area contributed by atoms with Gasteiger partial charge in [-0.25, -0.2) is 8.78 Å². The van der Waals surface area contributed by atoms with Crippen molar-refractivity contribution in [2.45, 2.75) is 32.0 Å². The van der Waals surface area contributed by atoms with E-state index < -0.39 is 6.17 Å². The second-order valence-corrected chi connectivity index (χ2v) is 4.45. The summed E-state index contributed by atoms with van der Waals surface area (Å²) in [7, 11) is 0. The maximum Gasteiger partial charge on any atom is 0.114 e. The number of hydrogen-bond acceptors (Lipinski definition) is 1. The molecule has 14 heavy (non-hydrogen) atoms. The van der Waals surface area contributed by atoms with E-state index >= 15 is 0 Å². The minimum absolute atomic E-state index is 0.0631. The predicted octanol–water partition coefficient (Wildman–Crippen LogP) is 2.51. The molecule has 1 N–H and O–H groups in total. The first kappa shape index (κ1) is 9.84. The van der Waals surface area contributed by atoms with Crippen molar-refractivity contribution < 1.29 is 8.78 Å². The Bertz CT molecular complexity index is 285. The lowest BCUT2D eigenvalue weighted by atomic mass is 9.76. The summed E-state index contributed by atoms with van der Waals surface area (Å²) in [6, 6.07) is 0.0631. The molecule has 3 atom stereocenters. The molecule has 1 aliphatic heterocycles. The molecule has 0 radical (unpaired) electrons. The zero-order valence-electron chi connectivity index (χ0n) is 8.26. The van der Waals surface area contributed by atoms with E-state index in [2.05, 4.69) is 5.32 Å². The van der Waals surface area contributed by atoms with Crippen LogP contribution in [0.2, 0.25) is 0 Å². The lowest BCUT2D eigenvalue weighted by molar-refractivity contribution is 0.267. The van der Waals surface area contributed by atoms with Crippen molar-refractivity contribution in [1.82, 2.24) is 5.32 Å². The van der Waals surface area contributed by atoms with Crippen LogP contribution in [0.4, 0.5) is 8.78 Å². The van der Waals surface area contributed by atoms with Crippen molar-refractivity contribution in [1.29, 1.82) is 0 Å². The fourth-order valence-corrected chi connectivity index (χ4v) is 2.29. The molecule has 1 fully saturated rings. The molecule has 1 heterocycles. The van der Waals surface area contributed by atoms with E-state index in [1.165, 1.54) is 6.08 Å². The molecule has 0 amide bonds. The maximum absolute atomic E-state index is 13.1. The number of halogens is 2. The van der Waals surface area contributed by atoms with E-state index in [0.29, 0.717) is 19.4 Å². The summed E-state index contributed by atoms with van der Waals surface area (Å²) in [4.78, 5) is 0. The average molecular weight is 199 g/mol. The van der Waals surface area contributed by atoms with Gasteiger partial charge in [-0.05, 0) is 12.5 Å². The van der Waals surface area contributed by atoms with Crippen molar-refractivity contribution >= 4 is 0 Å². The van der Waals surface area contributed by atoms with Crippen LogP contribution in [-0.4, -0.2) is 18.8 Å². The van der Waals surface area contributed by atoms with Gasteiger partial charge in [0.05, 0.1) is 0 Å². The van der Waals surface area contributed by atoms with Crippen molar-refractivity contribution in [2.75, 3.05) is 6.54 Å². The van der Waals surface area contributed by atoms with Gasteiger partial charge in [0.25, 0.3) is 0 Å². The molecular formula is C11H15F2N. The lowest BCUT2D eigenvalue weighted by Crippen LogP contribution is -2.38. The van der Waals surface area contributed by atoms with Crippen LogP contribution in [0.25, 0.3) is 0 Å². The smallest absolute Gasteiger partial charge is 0.114 e. The molecule has 0 bridgehead atoms. The van der Waals surface area contributed by atoms with E-state index in [1.54, 1.807) is 6.08 Å². The van der Waals surface area contributed by atoms with E-state index in [9.17, 15) is 8.78 Å². The van der Waals surface area contributed by atoms with Crippen LogP contribution in [0.1, 0.15) is 19.8 Å². The highest BCUT2D eigenvalue weighted by molar-refractivity contribution is 5.22. The monoisotopic (exact) mass is 199 g/mol. The van der Waals surface area contributed by atoms with Gasteiger partial charge in [0.1, 0.15) is 12.0 Å². The van der Waals surface area contributed by atoms with Gasteiger partial charge in [-0.3, -0.25) is 0 Å². The largest absolute Gasteiger partial charge is 0.310 e. The Kier molecular flexibility index (Phi) is 2.43. The first-order valence-electron chi connectivity index (χ1n) is 5.01. The Morgan fingerprint density at radius 3 is 2.93 bits per heavy atom. The van der Waals surface area contributed by atoms with Gasteiger partial charge in [0.15, 0.2) is 0 Å². The summed E-state index contributed by atoms with van der Waals surface area (Å²) in [5, 5.41) is 3.12. The summed E-state index contributed by atoms with van der Waals surface area (Å²) in [6.45, 7) is 2.38. The number of alkyl halides is 1. The average Bonchev–Trinajstić information content (AvgIpc) is 2.52. The fourth-order valence-electron chi connectivity index (χ4n) is 2.29. The molecule has 0 aromatic heterocycles. The first-order chi connectivity index (χ1) is 6.60. The van der Waals surface area contributed by atoms with Gasteiger partial charge in [-0.15, -0.1) is 0 Å². The summed E-state index contributed by atoms with van der Waals surface area (Å²) < 4.78 is 26.1. The van der Waals surface area contributed by atoms with Gasteiger partial charge in [0, 0.05) is 24.4 Å². The number of rotatable bonds is 1. The van der Waals surface area contributed by atoms with Crippen LogP contribution in [0.15, 0.2) is 24.1 Å². The molecule has 0 aromatic carbocycles. The highest BCUT2D eigenvalue weighted by atomic mass is 19.1. The predicted molar refractivity (Wildman–Crippen MR) is 52.4 cm³/mol. The van der Waals surface area contributed by atoms with Gasteiger partial charge in [-0.2, -0.15) is 0 Å². The number of allylic oxidation sites excluding steroid dienone is 3. The Morgan fingerprint density at radius 2 is 2.36 bits per heavy atom. The number of nitrogens with one attached hydrogen (secondary N) is 1. The van der Waals surface area contributed by atoms with Crippen LogP contribution in [0.3, 0.4) is 0 Å². The lowest BCUT2D eigenvalue weighted by Gasteiger charge is -2.33. The zero-order chi connectivity index (χ0) is 10.2. The van der Waals surface area contributed by atoms with E-state index in [0.717, 1.165) is 0 Å². The van der Waals surface area contributed by atoms with Crippen LogP contribution < -0.4 is 5.32 Å². The third-order valence-electron chi connectivity index (χ3n) is 3.18. The molecular weight excluding hydrogens is 184 g/mol. The van der Waals surface area contributed by atoms with Gasteiger partial charge < -0.3 is 5.32 Å². The van der Waals surface area contributed by atoms with E-state index in [1.807, 2.05) is 13.0 Å². The summed E-state index contributed by atoms with van der Waals surface area (Å²) in [5.41, 5.74) is -0.264. The molecule has 1 unspecified atom stereocenters. The Labute approximate surface area is 82.9 Å². The Hall–Kier alpha value is -0.700. The molecule has 2 aliphatic rings. The van der Waals surface area contributed by atoms with Crippen LogP contribution in [-0.2, 0) is 0 Å². The van der Waals surface area contributed by atoms with Gasteiger partial charge >= 0.3 is 0 Å². The molecule has 0 aromatic rings. The molecule has 0 spiro atoms. The molecule has 1 saturated heterocycles. The summed E-state index contributed by atoms with van der Waals surface area (Å²) in [6.07, 6.45) is 5.28. The van der Waals surface area contributed by atoms with Crippen LogP contribution >= 0.6 is 0 Å². The first-order valence-corrected chi connectivity index (χ1v) is 5.01. The topological polar surface area (TPSA) is 12.0 Å². The van der Waals surface area contributed by atoms with Crippen molar-refractivity contribution in [3.8, 4) is 0 Å². The molecule has 0 saturated carbocycles. The third kappa shape index (κ3) is 1.73. The van der Waals surface area contributed by atoms with Crippen LogP contribution in [0, 0.1) is 5.41 Å².